The van der Waals surface area contributed by atoms with Crippen molar-refractivity contribution in [2.24, 2.45) is 0 Å². The summed E-state index contributed by atoms with van der Waals surface area (Å²) >= 11 is 0. The smallest absolute Gasteiger partial charge is 0.239 e. The second-order valence-corrected chi connectivity index (χ2v) is 7.54. The van der Waals surface area contributed by atoms with Crippen molar-refractivity contribution in [2.45, 2.75) is 51.7 Å². The Kier molecular flexibility index (Phi) is 4.86. The molecule has 138 valence electrons. The Balaban J connectivity index is 1.67. The highest BCUT2D eigenvalue weighted by molar-refractivity contribution is 5.88. The average Bonchev–Trinajstić information content (AvgIpc) is 3.13. The number of rotatable bonds is 5. The number of hydrogen-bond donors (Lipinski definition) is 0. The highest BCUT2D eigenvalue weighted by Crippen LogP contribution is 2.33. The minimum atomic E-state index is -0.0673. The summed E-state index contributed by atoms with van der Waals surface area (Å²) in [6, 6.07) is 13.0. The zero-order valence-electron chi connectivity index (χ0n) is 15.8. The van der Waals surface area contributed by atoms with Crippen molar-refractivity contribution in [1.82, 2.24) is 9.80 Å². The molecule has 0 aromatic heterocycles. The van der Waals surface area contributed by atoms with E-state index in [1.807, 2.05) is 0 Å². The van der Waals surface area contributed by atoms with Gasteiger partial charge in [0.2, 0.25) is 5.91 Å². The van der Waals surface area contributed by atoms with Crippen LogP contribution in [-0.4, -0.2) is 47.5 Å². The Labute approximate surface area is 155 Å². The summed E-state index contributed by atoms with van der Waals surface area (Å²) in [6.07, 6.45) is 3.25. The van der Waals surface area contributed by atoms with Gasteiger partial charge in [0, 0.05) is 31.2 Å². The van der Waals surface area contributed by atoms with Crippen LogP contribution in [0.25, 0.3) is 10.8 Å². The number of carbonyl (C=O) groups is 1. The molecule has 0 N–H and O–H groups in total. The fourth-order valence-electron chi connectivity index (χ4n) is 4.37. The van der Waals surface area contributed by atoms with Gasteiger partial charge in [0.1, 0.15) is 5.75 Å². The lowest BCUT2D eigenvalue weighted by molar-refractivity contribution is -0.143. The van der Waals surface area contributed by atoms with Gasteiger partial charge in [0.25, 0.3) is 0 Å². The first-order valence-electron chi connectivity index (χ1n) is 9.87. The molecule has 2 aromatic carbocycles. The number of fused-ring (bicyclic) bond motifs is 2. The number of amides is 1. The minimum Gasteiger partial charge on any atom is -0.493 e. The van der Waals surface area contributed by atoms with Crippen LogP contribution in [0.2, 0.25) is 0 Å². The van der Waals surface area contributed by atoms with Crippen LogP contribution in [0, 0.1) is 0 Å². The molecule has 2 aliphatic heterocycles. The van der Waals surface area contributed by atoms with Gasteiger partial charge in [-0.3, -0.25) is 9.69 Å². The van der Waals surface area contributed by atoms with E-state index >= 15 is 0 Å². The van der Waals surface area contributed by atoms with Gasteiger partial charge in [0.15, 0.2) is 0 Å². The maximum absolute atomic E-state index is 12.8. The third-order valence-electron chi connectivity index (χ3n) is 5.83. The Morgan fingerprint density at radius 2 is 2.04 bits per heavy atom. The molecule has 2 aliphatic rings. The molecule has 0 radical (unpaired) electrons. The van der Waals surface area contributed by atoms with Gasteiger partial charge in [0.05, 0.1) is 12.6 Å². The lowest BCUT2D eigenvalue weighted by Gasteiger charge is -2.41. The summed E-state index contributed by atoms with van der Waals surface area (Å²) in [4.78, 5) is 17.2. The maximum atomic E-state index is 12.8. The number of hydrogen-bond acceptors (Lipinski definition) is 3. The van der Waals surface area contributed by atoms with E-state index < -0.39 is 0 Å². The van der Waals surface area contributed by atoms with Gasteiger partial charge in [-0.1, -0.05) is 37.3 Å². The Bertz CT molecular complexity index is 804. The van der Waals surface area contributed by atoms with E-state index in [9.17, 15) is 4.79 Å². The second kappa shape index (κ2) is 7.28. The van der Waals surface area contributed by atoms with Crippen LogP contribution in [-0.2, 0) is 11.3 Å². The average molecular weight is 352 g/mol. The molecule has 2 heterocycles. The highest BCUT2D eigenvalue weighted by atomic mass is 16.5. The maximum Gasteiger partial charge on any atom is 0.239 e. The van der Waals surface area contributed by atoms with Crippen LogP contribution in [0.1, 0.15) is 38.7 Å². The molecular weight excluding hydrogens is 324 g/mol. The minimum absolute atomic E-state index is 0.0673. The van der Waals surface area contributed by atoms with Crippen LogP contribution in [0.4, 0.5) is 0 Å². The van der Waals surface area contributed by atoms with Gasteiger partial charge in [-0.15, -0.1) is 0 Å². The van der Waals surface area contributed by atoms with Crippen LogP contribution in [0.15, 0.2) is 36.4 Å². The number of piperazine rings is 1. The monoisotopic (exact) mass is 352 g/mol. The highest BCUT2D eigenvalue weighted by Gasteiger charge is 2.40. The molecule has 4 nitrogen and oxygen atoms in total. The fourth-order valence-corrected chi connectivity index (χ4v) is 4.37. The lowest BCUT2D eigenvalue weighted by Crippen LogP contribution is -2.58. The zero-order valence-corrected chi connectivity index (χ0v) is 15.8. The largest absolute Gasteiger partial charge is 0.493 e. The molecule has 4 heteroatoms. The van der Waals surface area contributed by atoms with Crippen molar-refractivity contribution in [2.75, 3.05) is 19.7 Å². The van der Waals surface area contributed by atoms with Crippen molar-refractivity contribution in [3.8, 4) is 5.75 Å². The first-order valence-corrected chi connectivity index (χ1v) is 9.87. The number of benzene rings is 2. The van der Waals surface area contributed by atoms with E-state index in [0.717, 1.165) is 51.3 Å². The van der Waals surface area contributed by atoms with E-state index in [0.29, 0.717) is 6.04 Å². The lowest BCUT2D eigenvalue weighted by atomic mass is 10.0. The van der Waals surface area contributed by atoms with Gasteiger partial charge in [-0.05, 0) is 43.0 Å². The van der Waals surface area contributed by atoms with Crippen molar-refractivity contribution in [1.29, 1.82) is 0 Å². The predicted molar refractivity (Wildman–Crippen MR) is 104 cm³/mol. The topological polar surface area (TPSA) is 32.8 Å². The van der Waals surface area contributed by atoms with Crippen molar-refractivity contribution in [3.63, 3.8) is 0 Å². The first kappa shape index (κ1) is 17.3. The molecule has 0 spiro atoms. The third kappa shape index (κ3) is 3.07. The van der Waals surface area contributed by atoms with Crippen molar-refractivity contribution >= 4 is 16.7 Å². The molecule has 26 heavy (non-hydrogen) atoms. The van der Waals surface area contributed by atoms with Gasteiger partial charge < -0.3 is 9.64 Å². The Morgan fingerprint density at radius 3 is 2.88 bits per heavy atom. The van der Waals surface area contributed by atoms with Crippen LogP contribution >= 0.6 is 0 Å². The molecule has 0 saturated carbocycles. The molecule has 0 bridgehead atoms. The summed E-state index contributed by atoms with van der Waals surface area (Å²) in [5.74, 6) is 1.24. The standard InChI is InChI=1S/C22H28N2O2/c1-3-13-26-21-11-10-17-7-4-5-9-19(17)20(21)15-23-14-18-8-6-12-24(18)22(25)16(23)2/h4-5,7,9-11,16,18H,3,6,8,12-15H2,1-2H3/t16-,18-/m0/s1. The molecular formula is C22H28N2O2. The van der Waals surface area contributed by atoms with Crippen LogP contribution < -0.4 is 4.74 Å². The van der Waals surface area contributed by atoms with E-state index in [4.69, 9.17) is 4.74 Å². The van der Waals surface area contributed by atoms with E-state index in [1.165, 1.54) is 16.3 Å². The summed E-state index contributed by atoms with van der Waals surface area (Å²) in [5.41, 5.74) is 1.21. The summed E-state index contributed by atoms with van der Waals surface area (Å²) in [5, 5.41) is 2.46. The van der Waals surface area contributed by atoms with Gasteiger partial charge in [-0.25, -0.2) is 0 Å². The van der Waals surface area contributed by atoms with Gasteiger partial charge >= 0.3 is 0 Å². The molecule has 2 fully saturated rings. The molecule has 2 atom stereocenters. The number of nitrogens with zero attached hydrogens (tertiary/aromatic N) is 2. The molecule has 0 unspecified atom stereocenters. The normalized spacial score (nSPS) is 23.5. The quantitative estimate of drug-likeness (QED) is 0.820. The first-order chi connectivity index (χ1) is 12.7. The second-order valence-electron chi connectivity index (χ2n) is 7.54. The third-order valence-corrected chi connectivity index (χ3v) is 5.83. The summed E-state index contributed by atoms with van der Waals surface area (Å²) < 4.78 is 6.06. The van der Waals surface area contributed by atoms with E-state index in [1.54, 1.807) is 0 Å². The predicted octanol–water partition coefficient (Wildman–Crippen LogP) is 3.82. The molecule has 1 amide bonds. The Hall–Kier alpha value is -2.07. The molecule has 0 aliphatic carbocycles. The van der Waals surface area contributed by atoms with Crippen molar-refractivity contribution in [3.05, 3.63) is 42.0 Å². The number of carbonyl (C=O) groups excluding carboxylic acids is 1. The zero-order chi connectivity index (χ0) is 18.1. The fraction of sp³-hybridized carbons (Fsp3) is 0.500. The van der Waals surface area contributed by atoms with Crippen LogP contribution in [0.3, 0.4) is 0 Å². The van der Waals surface area contributed by atoms with E-state index in [2.05, 4.69) is 60.0 Å². The molecule has 2 saturated heterocycles. The van der Waals surface area contributed by atoms with Gasteiger partial charge in [-0.2, -0.15) is 0 Å². The Morgan fingerprint density at radius 1 is 1.19 bits per heavy atom. The SMILES string of the molecule is CCCOc1ccc2ccccc2c1CN1C[C@@H]2CCCN2C(=O)[C@@H]1C. The van der Waals surface area contributed by atoms with E-state index in [-0.39, 0.29) is 11.9 Å². The van der Waals surface area contributed by atoms with Crippen molar-refractivity contribution < 1.29 is 9.53 Å². The molecule has 4 rings (SSSR count). The summed E-state index contributed by atoms with van der Waals surface area (Å²) in [6.45, 7) is 7.55. The summed E-state index contributed by atoms with van der Waals surface area (Å²) in [7, 11) is 0. The molecule has 2 aromatic rings. The number of ether oxygens (including phenoxy) is 1. The van der Waals surface area contributed by atoms with Crippen LogP contribution in [0.5, 0.6) is 5.75 Å².